The van der Waals surface area contributed by atoms with Crippen molar-refractivity contribution in [2.45, 2.75) is 13.8 Å². The number of fused-ring (bicyclic) bond motifs is 1. The third-order valence-corrected chi connectivity index (χ3v) is 2.71. The molecule has 0 aliphatic heterocycles. The van der Waals surface area contributed by atoms with Crippen LogP contribution in [-0.2, 0) is 0 Å². The van der Waals surface area contributed by atoms with Crippen molar-refractivity contribution in [3.05, 3.63) is 41.7 Å². The highest BCUT2D eigenvalue weighted by Gasteiger charge is 2.10. The maximum Gasteiger partial charge on any atom is 0.174 e. The van der Waals surface area contributed by atoms with Gasteiger partial charge in [0.05, 0.1) is 17.3 Å². The fourth-order valence-corrected chi connectivity index (χ4v) is 1.85. The molecule has 0 saturated carbocycles. The molecule has 3 rings (SSSR count). The second kappa shape index (κ2) is 3.23. The molecule has 0 saturated heterocycles. The molecule has 0 aliphatic carbocycles. The van der Waals surface area contributed by atoms with Gasteiger partial charge in [0, 0.05) is 0 Å². The number of aromatic amines is 1. The molecule has 0 amide bonds. The van der Waals surface area contributed by atoms with Crippen LogP contribution in [0.2, 0.25) is 0 Å². The lowest BCUT2D eigenvalue weighted by atomic mass is 10.2. The van der Waals surface area contributed by atoms with Crippen LogP contribution in [0.1, 0.15) is 11.1 Å². The largest absolute Gasteiger partial charge is 0.461 e. The minimum Gasteiger partial charge on any atom is -0.461 e. The molecule has 2 heterocycles. The third-order valence-electron chi connectivity index (χ3n) is 2.71. The second-order valence-corrected chi connectivity index (χ2v) is 4.04. The highest BCUT2D eigenvalue weighted by atomic mass is 16.3. The van der Waals surface area contributed by atoms with Crippen LogP contribution in [0.15, 0.2) is 34.9 Å². The van der Waals surface area contributed by atoms with E-state index in [0.717, 1.165) is 28.2 Å². The van der Waals surface area contributed by atoms with E-state index in [9.17, 15) is 0 Å². The van der Waals surface area contributed by atoms with Crippen molar-refractivity contribution in [3.63, 3.8) is 0 Å². The van der Waals surface area contributed by atoms with Gasteiger partial charge in [-0.15, -0.1) is 0 Å². The summed E-state index contributed by atoms with van der Waals surface area (Å²) in [6, 6.07) is 8.10. The zero-order valence-corrected chi connectivity index (χ0v) is 9.24. The Kier molecular flexibility index (Phi) is 1.86. The highest BCUT2D eigenvalue weighted by Crippen LogP contribution is 2.24. The van der Waals surface area contributed by atoms with Gasteiger partial charge in [0.1, 0.15) is 0 Å². The molecule has 3 nitrogen and oxygen atoms in total. The van der Waals surface area contributed by atoms with Crippen LogP contribution in [-0.4, -0.2) is 9.97 Å². The van der Waals surface area contributed by atoms with Gasteiger partial charge in [-0.25, -0.2) is 4.98 Å². The van der Waals surface area contributed by atoms with Crippen molar-refractivity contribution in [3.8, 4) is 11.6 Å². The van der Waals surface area contributed by atoms with Crippen molar-refractivity contribution >= 4 is 11.0 Å². The van der Waals surface area contributed by atoms with Crippen LogP contribution in [0.4, 0.5) is 0 Å². The third kappa shape index (κ3) is 1.33. The molecule has 80 valence electrons. The predicted molar refractivity (Wildman–Crippen MR) is 63.3 cm³/mol. The number of hydrogen-bond acceptors (Lipinski definition) is 2. The van der Waals surface area contributed by atoms with Gasteiger partial charge >= 0.3 is 0 Å². The number of hydrogen-bond donors (Lipinski definition) is 1. The van der Waals surface area contributed by atoms with E-state index < -0.39 is 0 Å². The molecular formula is C13H12N2O. The van der Waals surface area contributed by atoms with Gasteiger partial charge in [-0.1, -0.05) is 6.07 Å². The molecule has 0 fully saturated rings. The van der Waals surface area contributed by atoms with E-state index >= 15 is 0 Å². The Morgan fingerprint density at radius 3 is 2.81 bits per heavy atom. The smallest absolute Gasteiger partial charge is 0.174 e. The topological polar surface area (TPSA) is 41.8 Å². The first kappa shape index (κ1) is 9.21. The molecule has 1 N–H and O–H groups in total. The summed E-state index contributed by atoms with van der Waals surface area (Å²) < 4.78 is 5.42. The van der Waals surface area contributed by atoms with Crippen molar-refractivity contribution in [2.24, 2.45) is 0 Å². The van der Waals surface area contributed by atoms with E-state index in [-0.39, 0.29) is 0 Å². The Bertz CT molecular complexity index is 649. The van der Waals surface area contributed by atoms with Gasteiger partial charge in [-0.3, -0.25) is 0 Å². The lowest BCUT2D eigenvalue weighted by molar-refractivity contribution is 0.577. The van der Waals surface area contributed by atoms with Crippen molar-refractivity contribution in [1.29, 1.82) is 0 Å². The lowest BCUT2D eigenvalue weighted by Gasteiger charge is -1.91. The summed E-state index contributed by atoms with van der Waals surface area (Å²) in [4.78, 5) is 7.78. The second-order valence-electron chi connectivity index (χ2n) is 4.04. The van der Waals surface area contributed by atoms with Crippen molar-refractivity contribution < 1.29 is 4.42 Å². The molecule has 0 unspecified atom stereocenters. The Hall–Kier alpha value is -2.03. The quantitative estimate of drug-likeness (QED) is 0.671. The zero-order valence-electron chi connectivity index (χ0n) is 9.24. The molecule has 0 bridgehead atoms. The summed E-state index contributed by atoms with van der Waals surface area (Å²) in [5.41, 5.74) is 4.33. The maximum atomic E-state index is 5.42. The summed E-state index contributed by atoms with van der Waals surface area (Å²) in [7, 11) is 0. The number of rotatable bonds is 1. The van der Waals surface area contributed by atoms with Gasteiger partial charge in [-0.05, 0) is 43.2 Å². The fraction of sp³-hybridized carbons (Fsp3) is 0.154. The first-order valence-electron chi connectivity index (χ1n) is 5.25. The molecule has 0 aliphatic rings. The first-order chi connectivity index (χ1) is 7.74. The SMILES string of the molecule is Cc1ccc2nc(-c3occc3C)[nH]c2c1. The minimum atomic E-state index is 0.795. The molecule has 3 aromatic rings. The summed E-state index contributed by atoms with van der Waals surface area (Å²) in [6.07, 6.45) is 1.68. The first-order valence-corrected chi connectivity index (χ1v) is 5.25. The van der Waals surface area contributed by atoms with Crippen LogP contribution < -0.4 is 0 Å². The predicted octanol–water partition coefficient (Wildman–Crippen LogP) is 3.44. The molecule has 0 radical (unpaired) electrons. The Balaban J connectivity index is 2.23. The number of nitrogens with one attached hydrogen (secondary N) is 1. The van der Waals surface area contributed by atoms with Crippen LogP contribution in [0.5, 0.6) is 0 Å². The normalized spacial score (nSPS) is 11.1. The Morgan fingerprint density at radius 2 is 2.06 bits per heavy atom. The molecule has 1 aromatic carbocycles. The zero-order chi connectivity index (χ0) is 11.1. The average molecular weight is 212 g/mol. The van der Waals surface area contributed by atoms with E-state index in [1.165, 1.54) is 5.56 Å². The number of furan rings is 1. The molecule has 2 aromatic heterocycles. The van der Waals surface area contributed by atoms with Crippen LogP contribution >= 0.6 is 0 Å². The molecule has 16 heavy (non-hydrogen) atoms. The van der Waals surface area contributed by atoms with Crippen LogP contribution in [0.3, 0.4) is 0 Å². The average Bonchev–Trinajstić information content (AvgIpc) is 2.82. The van der Waals surface area contributed by atoms with E-state index in [1.54, 1.807) is 6.26 Å². The summed E-state index contributed by atoms with van der Waals surface area (Å²) >= 11 is 0. The van der Waals surface area contributed by atoms with E-state index in [1.807, 2.05) is 19.1 Å². The van der Waals surface area contributed by atoms with Gasteiger partial charge in [0.25, 0.3) is 0 Å². The molecule has 3 heteroatoms. The number of aromatic nitrogens is 2. The summed E-state index contributed by atoms with van der Waals surface area (Å²) in [5.74, 6) is 1.61. The number of nitrogens with zero attached hydrogens (tertiary/aromatic N) is 1. The number of benzene rings is 1. The number of aryl methyl sites for hydroxylation is 2. The number of imidazole rings is 1. The maximum absolute atomic E-state index is 5.42. The van der Waals surface area contributed by atoms with Crippen molar-refractivity contribution in [2.75, 3.05) is 0 Å². The van der Waals surface area contributed by atoms with Gasteiger partial charge in [0.15, 0.2) is 11.6 Å². The van der Waals surface area contributed by atoms with Gasteiger partial charge < -0.3 is 9.40 Å². The monoisotopic (exact) mass is 212 g/mol. The highest BCUT2D eigenvalue weighted by molar-refractivity contribution is 5.79. The number of H-pyrrole nitrogens is 1. The van der Waals surface area contributed by atoms with E-state index in [4.69, 9.17) is 4.42 Å². The minimum absolute atomic E-state index is 0.795. The molecule has 0 atom stereocenters. The van der Waals surface area contributed by atoms with Crippen molar-refractivity contribution in [1.82, 2.24) is 9.97 Å². The molecular weight excluding hydrogens is 200 g/mol. The lowest BCUT2D eigenvalue weighted by Crippen LogP contribution is -1.78. The summed E-state index contributed by atoms with van der Waals surface area (Å²) in [6.45, 7) is 4.08. The standard InChI is InChI=1S/C13H12N2O/c1-8-3-4-10-11(7-8)15-13(14-10)12-9(2)5-6-16-12/h3-7H,1-2H3,(H,14,15). The van der Waals surface area contributed by atoms with Crippen LogP contribution in [0.25, 0.3) is 22.6 Å². The fourth-order valence-electron chi connectivity index (χ4n) is 1.85. The van der Waals surface area contributed by atoms with Gasteiger partial charge in [-0.2, -0.15) is 0 Å². The Morgan fingerprint density at radius 1 is 1.19 bits per heavy atom. The Labute approximate surface area is 93.1 Å². The van der Waals surface area contributed by atoms with E-state index in [2.05, 4.69) is 29.0 Å². The molecule has 0 spiro atoms. The van der Waals surface area contributed by atoms with Crippen LogP contribution in [0, 0.1) is 13.8 Å². The van der Waals surface area contributed by atoms with E-state index in [0.29, 0.717) is 0 Å². The van der Waals surface area contributed by atoms with Gasteiger partial charge in [0.2, 0.25) is 0 Å². The summed E-state index contributed by atoms with van der Waals surface area (Å²) in [5, 5.41) is 0.